The molecule has 2 aromatic carbocycles. The molecule has 0 amide bonds. The predicted octanol–water partition coefficient (Wildman–Crippen LogP) is 1.71. The zero-order valence-corrected chi connectivity index (χ0v) is 11.7. The van der Waals surface area contributed by atoms with Crippen molar-refractivity contribution in [3.8, 4) is 0 Å². The first-order valence-corrected chi connectivity index (χ1v) is 7.70. The molecule has 0 saturated carbocycles. The van der Waals surface area contributed by atoms with E-state index in [1.807, 2.05) is 37.3 Å². The van der Waals surface area contributed by atoms with Gasteiger partial charge in [-0.25, -0.2) is 13.1 Å². The van der Waals surface area contributed by atoms with Gasteiger partial charge in [0, 0.05) is 11.9 Å². The molecule has 5 heteroatoms. The second-order valence-electron chi connectivity index (χ2n) is 4.67. The molecule has 0 heterocycles. The molecule has 4 nitrogen and oxygen atoms in total. The molecule has 102 valence electrons. The Labute approximate surface area is 113 Å². The molecular formula is C14H18N2O2S. The van der Waals surface area contributed by atoms with Crippen molar-refractivity contribution in [3.05, 3.63) is 42.5 Å². The standard InChI is InChI=1S/C14H18N2O2S/c1-11(9-15)10-16-19(17,18)14-8-4-6-12-5-2-3-7-13(12)14/h2-8,11,16H,9-10,15H2,1H3. The largest absolute Gasteiger partial charge is 0.330 e. The van der Waals surface area contributed by atoms with E-state index >= 15 is 0 Å². The molecule has 3 N–H and O–H groups in total. The van der Waals surface area contributed by atoms with Gasteiger partial charge >= 0.3 is 0 Å². The van der Waals surface area contributed by atoms with Crippen molar-refractivity contribution < 1.29 is 8.42 Å². The Balaban J connectivity index is 2.38. The highest BCUT2D eigenvalue weighted by atomic mass is 32.2. The van der Waals surface area contributed by atoms with Crippen molar-refractivity contribution in [2.24, 2.45) is 11.7 Å². The van der Waals surface area contributed by atoms with E-state index < -0.39 is 10.0 Å². The molecule has 1 atom stereocenters. The molecule has 0 radical (unpaired) electrons. The molecule has 0 aliphatic rings. The number of benzene rings is 2. The first-order chi connectivity index (χ1) is 9.04. The van der Waals surface area contributed by atoms with Crippen LogP contribution in [0.5, 0.6) is 0 Å². The fraction of sp³-hybridized carbons (Fsp3) is 0.286. The van der Waals surface area contributed by atoms with E-state index in [0.717, 1.165) is 10.8 Å². The van der Waals surface area contributed by atoms with Crippen LogP contribution in [0.2, 0.25) is 0 Å². The molecule has 0 saturated heterocycles. The quantitative estimate of drug-likeness (QED) is 0.874. The van der Waals surface area contributed by atoms with Crippen molar-refractivity contribution in [1.29, 1.82) is 0 Å². The van der Waals surface area contributed by atoms with Gasteiger partial charge in [-0.3, -0.25) is 0 Å². The van der Waals surface area contributed by atoms with Crippen molar-refractivity contribution in [2.45, 2.75) is 11.8 Å². The zero-order valence-electron chi connectivity index (χ0n) is 10.8. The summed E-state index contributed by atoms with van der Waals surface area (Å²) in [6.45, 7) is 2.71. The minimum Gasteiger partial charge on any atom is -0.330 e. The van der Waals surface area contributed by atoms with Gasteiger partial charge < -0.3 is 5.73 Å². The van der Waals surface area contributed by atoms with Crippen LogP contribution in [-0.4, -0.2) is 21.5 Å². The number of nitrogens with two attached hydrogens (primary N) is 1. The second-order valence-corrected chi connectivity index (χ2v) is 6.41. The van der Waals surface area contributed by atoms with Crippen LogP contribution < -0.4 is 10.5 Å². The molecular weight excluding hydrogens is 260 g/mol. The Morgan fingerprint density at radius 2 is 1.84 bits per heavy atom. The lowest BCUT2D eigenvalue weighted by Gasteiger charge is -2.12. The molecule has 0 bridgehead atoms. The maximum absolute atomic E-state index is 12.3. The van der Waals surface area contributed by atoms with Gasteiger partial charge in [-0.1, -0.05) is 43.3 Å². The van der Waals surface area contributed by atoms with Crippen molar-refractivity contribution in [1.82, 2.24) is 4.72 Å². The Bertz CT molecular complexity index is 663. The first-order valence-electron chi connectivity index (χ1n) is 6.22. The SMILES string of the molecule is CC(CN)CNS(=O)(=O)c1cccc2ccccc12. The highest BCUT2D eigenvalue weighted by Gasteiger charge is 2.17. The summed E-state index contributed by atoms with van der Waals surface area (Å²) in [4.78, 5) is 0.315. The van der Waals surface area contributed by atoms with E-state index in [-0.39, 0.29) is 5.92 Å². The van der Waals surface area contributed by atoms with Crippen LogP contribution >= 0.6 is 0 Å². The third kappa shape index (κ3) is 3.12. The van der Waals surface area contributed by atoms with Crippen LogP contribution in [0.15, 0.2) is 47.4 Å². The van der Waals surface area contributed by atoms with Gasteiger partial charge in [0.1, 0.15) is 0 Å². The van der Waals surface area contributed by atoms with Gasteiger partial charge in [-0.15, -0.1) is 0 Å². The van der Waals surface area contributed by atoms with Gasteiger partial charge in [0.05, 0.1) is 4.90 Å². The molecule has 0 fully saturated rings. The Morgan fingerprint density at radius 3 is 2.58 bits per heavy atom. The summed E-state index contributed by atoms with van der Waals surface area (Å²) in [5, 5.41) is 1.65. The third-order valence-electron chi connectivity index (χ3n) is 3.06. The molecule has 0 aliphatic carbocycles. The molecule has 0 aromatic heterocycles. The maximum atomic E-state index is 12.3. The number of fused-ring (bicyclic) bond motifs is 1. The maximum Gasteiger partial charge on any atom is 0.241 e. The summed E-state index contributed by atoms with van der Waals surface area (Å²) in [5.74, 6) is 0.116. The molecule has 1 unspecified atom stereocenters. The molecule has 0 aliphatic heterocycles. The zero-order chi connectivity index (χ0) is 13.9. The average molecular weight is 278 g/mol. The van der Waals surface area contributed by atoms with E-state index in [0.29, 0.717) is 18.0 Å². The summed E-state index contributed by atoms with van der Waals surface area (Å²) < 4.78 is 27.2. The average Bonchev–Trinajstić information content (AvgIpc) is 2.44. The van der Waals surface area contributed by atoms with Crippen LogP contribution in [0, 0.1) is 5.92 Å². The summed E-state index contributed by atoms with van der Waals surface area (Å²) in [7, 11) is -3.50. The fourth-order valence-electron chi connectivity index (χ4n) is 1.84. The topological polar surface area (TPSA) is 72.2 Å². The summed E-state index contributed by atoms with van der Waals surface area (Å²) in [6.07, 6.45) is 0. The number of rotatable bonds is 5. The lowest BCUT2D eigenvalue weighted by Crippen LogP contribution is -2.31. The molecule has 19 heavy (non-hydrogen) atoms. The van der Waals surface area contributed by atoms with Crippen molar-refractivity contribution >= 4 is 20.8 Å². The van der Waals surface area contributed by atoms with Crippen LogP contribution in [-0.2, 0) is 10.0 Å². The Morgan fingerprint density at radius 1 is 1.16 bits per heavy atom. The monoisotopic (exact) mass is 278 g/mol. The van der Waals surface area contributed by atoms with Gasteiger partial charge in [0.2, 0.25) is 10.0 Å². The minimum absolute atomic E-state index is 0.116. The Hall–Kier alpha value is -1.43. The van der Waals surface area contributed by atoms with E-state index in [9.17, 15) is 8.42 Å². The smallest absolute Gasteiger partial charge is 0.241 e. The number of hydrogen-bond donors (Lipinski definition) is 2. The lowest BCUT2D eigenvalue weighted by molar-refractivity contribution is 0.545. The highest BCUT2D eigenvalue weighted by molar-refractivity contribution is 7.89. The van der Waals surface area contributed by atoms with Crippen LogP contribution in [0.25, 0.3) is 10.8 Å². The normalized spacial score (nSPS) is 13.6. The molecule has 2 aromatic rings. The van der Waals surface area contributed by atoms with E-state index in [1.165, 1.54) is 0 Å². The summed E-state index contributed by atoms with van der Waals surface area (Å²) >= 11 is 0. The molecule has 0 spiro atoms. The van der Waals surface area contributed by atoms with Crippen molar-refractivity contribution in [3.63, 3.8) is 0 Å². The highest BCUT2D eigenvalue weighted by Crippen LogP contribution is 2.22. The van der Waals surface area contributed by atoms with Crippen LogP contribution in [0.1, 0.15) is 6.92 Å². The summed E-state index contributed by atoms with van der Waals surface area (Å²) in [5.41, 5.74) is 5.50. The Kier molecular flexibility index (Phi) is 4.19. The minimum atomic E-state index is -3.50. The van der Waals surface area contributed by atoms with E-state index in [4.69, 9.17) is 5.73 Å². The van der Waals surface area contributed by atoms with Crippen LogP contribution in [0.4, 0.5) is 0 Å². The van der Waals surface area contributed by atoms with Crippen LogP contribution in [0.3, 0.4) is 0 Å². The number of hydrogen-bond acceptors (Lipinski definition) is 3. The fourth-order valence-corrected chi connectivity index (χ4v) is 3.24. The van der Waals surface area contributed by atoms with E-state index in [1.54, 1.807) is 12.1 Å². The first kappa shape index (κ1) is 14.0. The number of sulfonamides is 1. The van der Waals surface area contributed by atoms with Gasteiger partial charge in [-0.05, 0) is 23.9 Å². The predicted molar refractivity (Wildman–Crippen MR) is 77.4 cm³/mol. The van der Waals surface area contributed by atoms with Crippen molar-refractivity contribution in [2.75, 3.05) is 13.1 Å². The van der Waals surface area contributed by atoms with Gasteiger partial charge in [0.15, 0.2) is 0 Å². The summed E-state index contributed by atoms with van der Waals surface area (Å²) in [6, 6.07) is 12.7. The van der Waals surface area contributed by atoms with E-state index in [2.05, 4.69) is 4.72 Å². The molecule has 2 rings (SSSR count). The second kappa shape index (κ2) is 5.69. The van der Waals surface area contributed by atoms with Gasteiger partial charge in [-0.2, -0.15) is 0 Å². The van der Waals surface area contributed by atoms with Gasteiger partial charge in [0.25, 0.3) is 0 Å². The third-order valence-corrected chi connectivity index (χ3v) is 4.55. The lowest BCUT2D eigenvalue weighted by atomic mass is 10.1. The number of nitrogens with one attached hydrogen (secondary N) is 1.